The van der Waals surface area contributed by atoms with E-state index in [-0.39, 0.29) is 6.61 Å². The predicted octanol–water partition coefficient (Wildman–Crippen LogP) is 5.25. The molecule has 0 aliphatic heterocycles. The van der Waals surface area contributed by atoms with Crippen molar-refractivity contribution in [1.29, 1.82) is 0 Å². The number of amides is 2. The van der Waals surface area contributed by atoms with Crippen molar-refractivity contribution >= 4 is 18.0 Å². The van der Waals surface area contributed by atoms with Crippen molar-refractivity contribution in [3.63, 3.8) is 0 Å². The van der Waals surface area contributed by atoms with E-state index in [1.807, 2.05) is 110 Å². The molecule has 198 valence electrons. The molecule has 2 amide bonds. The minimum absolute atomic E-state index is 0.0906. The van der Waals surface area contributed by atoms with Crippen molar-refractivity contribution in [2.75, 3.05) is 0 Å². The van der Waals surface area contributed by atoms with Gasteiger partial charge in [0.05, 0.1) is 6.42 Å². The van der Waals surface area contributed by atoms with Crippen LogP contribution in [0.2, 0.25) is 0 Å². The maximum absolute atomic E-state index is 14.2. The van der Waals surface area contributed by atoms with E-state index in [1.165, 1.54) is 0 Å². The van der Waals surface area contributed by atoms with E-state index in [0.29, 0.717) is 16.7 Å². The van der Waals surface area contributed by atoms with Gasteiger partial charge >= 0.3 is 12.1 Å². The fourth-order valence-electron chi connectivity index (χ4n) is 4.84. The van der Waals surface area contributed by atoms with Crippen LogP contribution in [0, 0.1) is 6.92 Å². The van der Waals surface area contributed by atoms with Gasteiger partial charge in [-0.2, -0.15) is 0 Å². The molecule has 0 aliphatic rings. The highest BCUT2D eigenvalue weighted by Crippen LogP contribution is 2.44. The van der Waals surface area contributed by atoms with Crippen molar-refractivity contribution in [2.24, 2.45) is 5.73 Å². The molecule has 0 heterocycles. The highest BCUT2D eigenvalue weighted by molar-refractivity contribution is 5.87. The standard InChI is InChI=1S/C32H30N2O5/c1-23-17-19-27(20-18-23)32(25-13-7-3-8-14-25,26-15-9-4-10-16-26)34(28(30(36)37)21-29(33)35)31(38)39-22-24-11-5-2-6-12-24/h2-20,28H,21-22H2,1H3,(H2,33,35)(H,36,37)/t28-/m1/s1. The van der Waals surface area contributed by atoms with Crippen LogP contribution in [-0.4, -0.2) is 34.0 Å². The molecule has 0 saturated heterocycles. The Hall–Kier alpha value is -4.91. The summed E-state index contributed by atoms with van der Waals surface area (Å²) in [5.41, 5.74) is 7.62. The molecule has 4 rings (SSSR count). The molecule has 4 aromatic carbocycles. The average molecular weight is 523 g/mol. The second kappa shape index (κ2) is 12.1. The smallest absolute Gasteiger partial charge is 0.412 e. The molecule has 3 N–H and O–H groups in total. The summed E-state index contributed by atoms with van der Waals surface area (Å²) in [6, 6.07) is 33.2. The van der Waals surface area contributed by atoms with Crippen LogP contribution in [0.1, 0.15) is 34.2 Å². The van der Waals surface area contributed by atoms with Crippen LogP contribution >= 0.6 is 0 Å². The summed E-state index contributed by atoms with van der Waals surface area (Å²) < 4.78 is 5.77. The number of aliphatic carboxylic acids is 1. The van der Waals surface area contributed by atoms with Crippen molar-refractivity contribution in [3.05, 3.63) is 143 Å². The zero-order chi connectivity index (χ0) is 27.8. The van der Waals surface area contributed by atoms with E-state index in [4.69, 9.17) is 10.5 Å². The summed E-state index contributed by atoms with van der Waals surface area (Å²) in [4.78, 5) is 40.3. The Balaban J connectivity index is 2.03. The lowest BCUT2D eigenvalue weighted by atomic mass is 9.74. The lowest BCUT2D eigenvalue weighted by molar-refractivity contribution is -0.146. The van der Waals surface area contributed by atoms with E-state index in [0.717, 1.165) is 16.0 Å². The van der Waals surface area contributed by atoms with E-state index in [2.05, 4.69) is 0 Å². The van der Waals surface area contributed by atoms with E-state index in [1.54, 1.807) is 12.1 Å². The zero-order valence-electron chi connectivity index (χ0n) is 21.6. The number of nitrogens with zero attached hydrogens (tertiary/aromatic N) is 1. The Morgan fingerprint density at radius 2 is 1.23 bits per heavy atom. The second-order valence-electron chi connectivity index (χ2n) is 9.24. The molecule has 0 fully saturated rings. The maximum atomic E-state index is 14.2. The van der Waals surface area contributed by atoms with Crippen molar-refractivity contribution < 1.29 is 24.2 Å². The Labute approximate surface area is 227 Å². The molecule has 0 radical (unpaired) electrons. The van der Waals surface area contributed by atoms with Gasteiger partial charge in [0.1, 0.15) is 18.2 Å². The summed E-state index contributed by atoms with van der Waals surface area (Å²) in [6.45, 7) is 1.85. The molecule has 39 heavy (non-hydrogen) atoms. The molecule has 0 saturated carbocycles. The highest BCUT2D eigenvalue weighted by Gasteiger charge is 2.51. The van der Waals surface area contributed by atoms with Crippen molar-refractivity contribution in [3.8, 4) is 0 Å². The van der Waals surface area contributed by atoms with Gasteiger partial charge in [0.15, 0.2) is 0 Å². The number of hydrogen-bond acceptors (Lipinski definition) is 4. The van der Waals surface area contributed by atoms with Crippen molar-refractivity contribution in [1.82, 2.24) is 4.90 Å². The summed E-state index contributed by atoms with van der Waals surface area (Å²) in [5, 5.41) is 10.4. The molecule has 0 spiro atoms. The third-order valence-corrected chi connectivity index (χ3v) is 6.61. The van der Waals surface area contributed by atoms with Gasteiger partial charge in [-0.3, -0.25) is 9.69 Å². The van der Waals surface area contributed by atoms with Gasteiger partial charge < -0.3 is 15.6 Å². The van der Waals surface area contributed by atoms with Gasteiger partial charge in [-0.25, -0.2) is 9.59 Å². The fourth-order valence-corrected chi connectivity index (χ4v) is 4.84. The maximum Gasteiger partial charge on any atom is 0.412 e. The minimum atomic E-state index is -1.63. The van der Waals surface area contributed by atoms with E-state index < -0.39 is 36.0 Å². The Kier molecular flexibility index (Phi) is 8.41. The first-order valence-corrected chi connectivity index (χ1v) is 12.5. The monoisotopic (exact) mass is 522 g/mol. The number of rotatable bonds is 10. The van der Waals surface area contributed by atoms with Crippen LogP contribution < -0.4 is 5.73 Å². The molecule has 1 atom stereocenters. The number of carboxylic acid groups (broad SMARTS) is 1. The number of carbonyl (C=O) groups is 3. The summed E-state index contributed by atoms with van der Waals surface area (Å²) >= 11 is 0. The van der Waals surface area contributed by atoms with Crippen LogP contribution in [-0.2, 0) is 26.5 Å². The third kappa shape index (κ3) is 5.83. The molecular formula is C32H30N2O5. The number of carboxylic acids is 1. The SMILES string of the molecule is Cc1ccc(C(c2ccccc2)(c2ccccc2)N(C(=O)OCc2ccccc2)[C@H](CC(N)=O)C(=O)O)cc1. The topological polar surface area (TPSA) is 110 Å². The fraction of sp³-hybridized carbons (Fsp3) is 0.156. The Morgan fingerprint density at radius 3 is 1.69 bits per heavy atom. The third-order valence-electron chi connectivity index (χ3n) is 6.61. The molecule has 7 nitrogen and oxygen atoms in total. The van der Waals surface area contributed by atoms with Crippen LogP contribution in [0.5, 0.6) is 0 Å². The molecule has 4 aromatic rings. The number of nitrogens with two attached hydrogens (primary N) is 1. The van der Waals surface area contributed by atoms with E-state index >= 15 is 0 Å². The molecular weight excluding hydrogens is 492 g/mol. The number of primary amides is 1. The molecule has 0 aliphatic carbocycles. The normalized spacial score (nSPS) is 11.8. The van der Waals surface area contributed by atoms with Gasteiger partial charge in [0.25, 0.3) is 0 Å². The zero-order valence-corrected chi connectivity index (χ0v) is 21.6. The Morgan fingerprint density at radius 1 is 0.769 bits per heavy atom. The summed E-state index contributed by atoms with van der Waals surface area (Å²) in [7, 11) is 0. The first-order chi connectivity index (χ1) is 18.8. The number of aryl methyl sites for hydroxylation is 1. The van der Waals surface area contributed by atoms with Crippen molar-refractivity contribution in [2.45, 2.75) is 31.5 Å². The van der Waals surface area contributed by atoms with Crippen LogP contribution in [0.3, 0.4) is 0 Å². The molecule has 7 heteroatoms. The minimum Gasteiger partial charge on any atom is -0.480 e. The second-order valence-corrected chi connectivity index (χ2v) is 9.24. The van der Waals surface area contributed by atoms with Crippen LogP contribution in [0.4, 0.5) is 4.79 Å². The number of carbonyl (C=O) groups excluding carboxylic acids is 2. The largest absolute Gasteiger partial charge is 0.480 e. The highest BCUT2D eigenvalue weighted by atomic mass is 16.6. The summed E-state index contributed by atoms with van der Waals surface area (Å²) in [6.07, 6.45) is -1.51. The van der Waals surface area contributed by atoms with Gasteiger partial charge in [-0.15, -0.1) is 0 Å². The molecule has 0 unspecified atom stereocenters. The van der Waals surface area contributed by atoms with Gasteiger partial charge in [0.2, 0.25) is 5.91 Å². The average Bonchev–Trinajstić information content (AvgIpc) is 2.95. The number of ether oxygens (including phenoxy) is 1. The first kappa shape index (κ1) is 27.1. The summed E-state index contributed by atoms with van der Waals surface area (Å²) in [5.74, 6) is -2.24. The van der Waals surface area contributed by atoms with Crippen LogP contribution in [0.15, 0.2) is 115 Å². The van der Waals surface area contributed by atoms with Gasteiger partial charge in [-0.05, 0) is 29.2 Å². The van der Waals surface area contributed by atoms with Gasteiger partial charge in [-0.1, -0.05) is 121 Å². The van der Waals surface area contributed by atoms with Crippen LogP contribution in [0.25, 0.3) is 0 Å². The Bertz CT molecular complexity index is 1370. The van der Waals surface area contributed by atoms with Gasteiger partial charge in [0, 0.05) is 0 Å². The number of hydrogen-bond donors (Lipinski definition) is 2. The lowest BCUT2D eigenvalue weighted by Gasteiger charge is -2.47. The lowest BCUT2D eigenvalue weighted by Crippen LogP contribution is -2.59. The number of benzene rings is 4. The quantitative estimate of drug-likeness (QED) is 0.276. The first-order valence-electron chi connectivity index (χ1n) is 12.5. The predicted molar refractivity (Wildman–Crippen MR) is 148 cm³/mol. The molecule has 0 bridgehead atoms. The molecule has 0 aromatic heterocycles. The van der Waals surface area contributed by atoms with E-state index in [9.17, 15) is 19.5 Å².